The van der Waals surface area contributed by atoms with E-state index >= 15 is 0 Å². The fraction of sp³-hybridized carbons (Fsp3) is 0.0714. The third-order valence-electron chi connectivity index (χ3n) is 2.46. The van der Waals surface area contributed by atoms with Crippen LogP contribution in [0.5, 0.6) is 5.75 Å². The number of ether oxygens (including phenoxy) is 1. The zero-order chi connectivity index (χ0) is 13.7. The molecule has 0 aliphatic carbocycles. The van der Waals surface area contributed by atoms with Crippen LogP contribution in [-0.4, -0.2) is 13.3 Å². The predicted octanol–water partition coefficient (Wildman–Crippen LogP) is 4.04. The van der Waals surface area contributed by atoms with Crippen LogP contribution in [0.3, 0.4) is 0 Å². The maximum atomic E-state index is 13.3. The van der Waals surface area contributed by atoms with E-state index in [1.165, 1.54) is 13.2 Å². The van der Waals surface area contributed by atoms with E-state index in [0.717, 1.165) is 5.69 Å². The van der Waals surface area contributed by atoms with E-state index in [4.69, 9.17) is 4.74 Å². The average Bonchev–Trinajstić information content (AvgIpc) is 2.44. The number of hydrogen-bond donors (Lipinski definition) is 1. The summed E-state index contributed by atoms with van der Waals surface area (Å²) in [6.45, 7) is 0. The summed E-state index contributed by atoms with van der Waals surface area (Å²) < 4.78 is 18.8. The van der Waals surface area contributed by atoms with Crippen LogP contribution in [0.2, 0.25) is 0 Å². The monoisotopic (exact) mass is 322 g/mol. The first-order valence-electron chi connectivity index (χ1n) is 5.58. The number of para-hydroxylation sites is 1. The Morgan fingerprint density at radius 1 is 1.21 bits per heavy atom. The highest BCUT2D eigenvalue weighted by Gasteiger charge is 2.10. The van der Waals surface area contributed by atoms with Gasteiger partial charge in [0.1, 0.15) is 11.6 Å². The van der Waals surface area contributed by atoms with Gasteiger partial charge < -0.3 is 4.74 Å². The van der Waals surface area contributed by atoms with Gasteiger partial charge in [-0.05, 0) is 40.2 Å². The summed E-state index contributed by atoms with van der Waals surface area (Å²) in [5.74, 6) is 0.0450. The van der Waals surface area contributed by atoms with E-state index < -0.39 is 0 Å². The quantitative estimate of drug-likeness (QED) is 0.680. The van der Waals surface area contributed by atoms with Gasteiger partial charge in [-0.1, -0.05) is 18.2 Å². The molecule has 98 valence electrons. The summed E-state index contributed by atoms with van der Waals surface area (Å²) in [6, 6.07) is 12.5. The van der Waals surface area contributed by atoms with Crippen molar-refractivity contribution in [3.8, 4) is 5.75 Å². The van der Waals surface area contributed by atoms with Gasteiger partial charge in [-0.2, -0.15) is 5.10 Å². The van der Waals surface area contributed by atoms with Gasteiger partial charge >= 0.3 is 0 Å². The Hall–Kier alpha value is -1.88. The molecule has 2 aromatic rings. The normalized spacial score (nSPS) is 10.7. The fourth-order valence-corrected chi connectivity index (χ4v) is 2.07. The highest BCUT2D eigenvalue weighted by molar-refractivity contribution is 9.10. The number of hydrazone groups is 1. The van der Waals surface area contributed by atoms with Crippen molar-refractivity contribution >= 4 is 27.8 Å². The maximum absolute atomic E-state index is 13.3. The van der Waals surface area contributed by atoms with Crippen LogP contribution in [0.25, 0.3) is 0 Å². The van der Waals surface area contributed by atoms with Gasteiger partial charge in [0.2, 0.25) is 0 Å². The van der Waals surface area contributed by atoms with Crippen molar-refractivity contribution in [2.24, 2.45) is 5.10 Å². The molecular formula is C14H12BrFN2O. The number of benzene rings is 2. The molecule has 0 fully saturated rings. The minimum Gasteiger partial charge on any atom is -0.495 e. The molecule has 0 aliphatic rings. The number of anilines is 1. The summed E-state index contributed by atoms with van der Waals surface area (Å²) in [6.07, 6.45) is 1.58. The van der Waals surface area contributed by atoms with Gasteiger partial charge in [-0.3, -0.25) is 5.43 Å². The van der Waals surface area contributed by atoms with Crippen molar-refractivity contribution < 1.29 is 9.13 Å². The Morgan fingerprint density at radius 3 is 2.63 bits per heavy atom. The molecule has 0 saturated heterocycles. The zero-order valence-electron chi connectivity index (χ0n) is 10.2. The van der Waals surface area contributed by atoms with Gasteiger partial charge in [-0.25, -0.2) is 4.39 Å². The molecule has 0 bridgehead atoms. The summed E-state index contributed by atoms with van der Waals surface area (Å²) >= 11 is 3.15. The van der Waals surface area contributed by atoms with E-state index in [9.17, 15) is 4.39 Å². The maximum Gasteiger partial charge on any atom is 0.144 e. The molecule has 2 rings (SSSR count). The first kappa shape index (κ1) is 13.5. The molecule has 0 heterocycles. The standard InChI is InChI=1S/C14H12BrFN2O/c1-19-14-10(7-8-12(16)13(14)15)9-17-18-11-5-3-2-4-6-11/h2-9,18H,1H3. The van der Waals surface area contributed by atoms with Gasteiger partial charge in [0.25, 0.3) is 0 Å². The minimum absolute atomic E-state index is 0.290. The fourth-order valence-electron chi connectivity index (χ4n) is 1.55. The van der Waals surface area contributed by atoms with Crippen molar-refractivity contribution in [2.45, 2.75) is 0 Å². The van der Waals surface area contributed by atoms with E-state index in [1.54, 1.807) is 12.3 Å². The summed E-state index contributed by atoms with van der Waals surface area (Å²) in [4.78, 5) is 0. The molecular weight excluding hydrogens is 311 g/mol. The topological polar surface area (TPSA) is 33.6 Å². The second-order valence-electron chi connectivity index (χ2n) is 3.72. The Kier molecular flexibility index (Phi) is 4.52. The molecule has 5 heteroatoms. The van der Waals surface area contributed by atoms with Crippen molar-refractivity contribution in [1.82, 2.24) is 0 Å². The lowest BCUT2D eigenvalue weighted by molar-refractivity contribution is 0.407. The molecule has 0 atom stereocenters. The van der Waals surface area contributed by atoms with Gasteiger partial charge in [0.15, 0.2) is 0 Å². The number of nitrogens with one attached hydrogen (secondary N) is 1. The molecule has 0 unspecified atom stereocenters. The van der Waals surface area contributed by atoms with Crippen molar-refractivity contribution in [1.29, 1.82) is 0 Å². The van der Waals surface area contributed by atoms with Crippen LogP contribution in [0, 0.1) is 5.82 Å². The third kappa shape index (κ3) is 3.32. The molecule has 0 spiro atoms. The Balaban J connectivity index is 2.17. The van der Waals surface area contributed by atoms with Crippen LogP contribution in [0.1, 0.15) is 5.56 Å². The van der Waals surface area contributed by atoms with Gasteiger partial charge in [0.05, 0.1) is 23.5 Å². The highest BCUT2D eigenvalue weighted by atomic mass is 79.9. The third-order valence-corrected chi connectivity index (χ3v) is 3.19. The molecule has 3 nitrogen and oxygen atoms in total. The van der Waals surface area contributed by atoms with Crippen molar-refractivity contribution in [2.75, 3.05) is 12.5 Å². The molecule has 0 amide bonds. The lowest BCUT2D eigenvalue weighted by Gasteiger charge is -2.07. The van der Waals surface area contributed by atoms with Gasteiger partial charge in [-0.15, -0.1) is 0 Å². The van der Waals surface area contributed by atoms with Crippen molar-refractivity contribution in [3.63, 3.8) is 0 Å². The van der Waals surface area contributed by atoms with E-state index in [0.29, 0.717) is 15.8 Å². The Labute approximate surface area is 119 Å². The van der Waals surface area contributed by atoms with Crippen LogP contribution in [0.4, 0.5) is 10.1 Å². The molecule has 0 aliphatic heterocycles. The minimum atomic E-state index is -0.370. The average molecular weight is 323 g/mol. The lowest BCUT2D eigenvalue weighted by atomic mass is 10.2. The number of hydrogen-bond acceptors (Lipinski definition) is 3. The first-order valence-corrected chi connectivity index (χ1v) is 6.38. The first-order chi connectivity index (χ1) is 9.22. The van der Waals surface area contributed by atoms with E-state index in [1.807, 2.05) is 30.3 Å². The highest BCUT2D eigenvalue weighted by Crippen LogP contribution is 2.30. The zero-order valence-corrected chi connectivity index (χ0v) is 11.8. The molecule has 0 aromatic heterocycles. The Morgan fingerprint density at radius 2 is 1.95 bits per heavy atom. The summed E-state index contributed by atoms with van der Waals surface area (Å²) in [5, 5.41) is 4.09. The van der Waals surface area contributed by atoms with Crippen LogP contribution < -0.4 is 10.2 Å². The second-order valence-corrected chi connectivity index (χ2v) is 4.51. The Bertz CT molecular complexity index is 587. The SMILES string of the molecule is COc1c(C=NNc2ccccc2)ccc(F)c1Br. The number of nitrogens with zero attached hydrogens (tertiary/aromatic N) is 1. The van der Waals surface area contributed by atoms with Crippen LogP contribution in [0.15, 0.2) is 52.0 Å². The van der Waals surface area contributed by atoms with Gasteiger partial charge in [0, 0.05) is 5.56 Å². The lowest BCUT2D eigenvalue weighted by Crippen LogP contribution is -1.96. The molecule has 1 N–H and O–H groups in total. The second kappa shape index (κ2) is 6.33. The van der Waals surface area contributed by atoms with E-state index in [-0.39, 0.29) is 5.82 Å². The number of halogens is 2. The van der Waals surface area contributed by atoms with Crippen LogP contribution >= 0.6 is 15.9 Å². The molecule has 0 radical (unpaired) electrons. The summed E-state index contributed by atoms with van der Waals surface area (Å²) in [5.41, 5.74) is 4.44. The molecule has 0 saturated carbocycles. The molecule has 2 aromatic carbocycles. The predicted molar refractivity (Wildman–Crippen MR) is 78.3 cm³/mol. The number of methoxy groups -OCH3 is 1. The van der Waals surface area contributed by atoms with Crippen LogP contribution in [-0.2, 0) is 0 Å². The largest absolute Gasteiger partial charge is 0.495 e. The number of rotatable bonds is 4. The summed E-state index contributed by atoms with van der Waals surface area (Å²) in [7, 11) is 1.49. The smallest absolute Gasteiger partial charge is 0.144 e. The molecule has 19 heavy (non-hydrogen) atoms. The van der Waals surface area contributed by atoms with Crippen molar-refractivity contribution in [3.05, 3.63) is 58.3 Å². The van der Waals surface area contributed by atoms with E-state index in [2.05, 4.69) is 26.5 Å².